The van der Waals surface area contributed by atoms with Crippen molar-refractivity contribution >= 4 is 17.5 Å². The first kappa shape index (κ1) is 19.0. The number of aromatic nitrogens is 2. The fraction of sp³-hybridized carbons (Fsp3) is 0.389. The Morgan fingerprint density at radius 2 is 2.11 bits per heavy atom. The zero-order chi connectivity index (χ0) is 19.2. The largest absolute Gasteiger partial charge is 0.377 e. The summed E-state index contributed by atoms with van der Waals surface area (Å²) in [5.41, 5.74) is 1.28. The van der Waals surface area contributed by atoms with Crippen molar-refractivity contribution in [2.75, 3.05) is 36.5 Å². The van der Waals surface area contributed by atoms with Crippen LogP contribution in [0.5, 0.6) is 0 Å². The van der Waals surface area contributed by atoms with Crippen molar-refractivity contribution in [2.24, 2.45) is 0 Å². The second-order valence-corrected chi connectivity index (χ2v) is 6.16. The molecular weight excluding hydrogens is 356 g/mol. The lowest BCUT2D eigenvalue weighted by Crippen LogP contribution is -2.44. The standard InChI is InChI=1S/C18H21F2N5O2/c1-12-11-27-9-8-25(12)16-6-7-21-17(24-16)13-2-4-14(5-3-13)23-18(26)22-10-15(19)20/h2-7,12,15H,8-11H2,1H3,(H2,22,23,26)/t12-/m0/s1. The highest BCUT2D eigenvalue weighted by molar-refractivity contribution is 5.89. The van der Waals surface area contributed by atoms with Crippen LogP contribution in [0, 0.1) is 0 Å². The lowest BCUT2D eigenvalue weighted by molar-refractivity contribution is 0.0985. The van der Waals surface area contributed by atoms with Crippen molar-refractivity contribution in [3.05, 3.63) is 36.5 Å². The Morgan fingerprint density at radius 3 is 2.81 bits per heavy atom. The Balaban J connectivity index is 1.68. The predicted molar refractivity (Wildman–Crippen MR) is 98.1 cm³/mol. The van der Waals surface area contributed by atoms with Crippen LogP contribution in [0.3, 0.4) is 0 Å². The molecule has 0 aliphatic carbocycles. The van der Waals surface area contributed by atoms with Gasteiger partial charge in [0.2, 0.25) is 0 Å². The molecule has 27 heavy (non-hydrogen) atoms. The summed E-state index contributed by atoms with van der Waals surface area (Å²) in [5.74, 6) is 1.41. The van der Waals surface area contributed by atoms with E-state index in [9.17, 15) is 13.6 Å². The zero-order valence-electron chi connectivity index (χ0n) is 14.9. The van der Waals surface area contributed by atoms with Gasteiger partial charge < -0.3 is 20.3 Å². The molecule has 2 aromatic rings. The van der Waals surface area contributed by atoms with Gasteiger partial charge in [-0.05, 0) is 37.3 Å². The Morgan fingerprint density at radius 1 is 1.33 bits per heavy atom. The van der Waals surface area contributed by atoms with Crippen molar-refractivity contribution in [2.45, 2.75) is 19.4 Å². The molecule has 1 saturated heterocycles. The number of urea groups is 1. The predicted octanol–water partition coefficient (Wildman–Crippen LogP) is 2.76. The third-order valence-corrected chi connectivity index (χ3v) is 4.12. The van der Waals surface area contributed by atoms with Gasteiger partial charge in [0.15, 0.2) is 5.82 Å². The summed E-state index contributed by atoms with van der Waals surface area (Å²) in [4.78, 5) is 22.7. The molecule has 0 unspecified atom stereocenters. The second-order valence-electron chi connectivity index (χ2n) is 6.16. The van der Waals surface area contributed by atoms with Crippen LogP contribution in [0.4, 0.5) is 25.1 Å². The number of rotatable bonds is 5. The summed E-state index contributed by atoms with van der Waals surface area (Å²) in [6.45, 7) is 3.49. The molecule has 2 amide bonds. The lowest BCUT2D eigenvalue weighted by atomic mass is 10.2. The van der Waals surface area contributed by atoms with Crippen LogP contribution < -0.4 is 15.5 Å². The highest BCUT2D eigenvalue weighted by Crippen LogP contribution is 2.22. The van der Waals surface area contributed by atoms with E-state index in [-0.39, 0.29) is 6.04 Å². The Labute approximate surface area is 155 Å². The lowest BCUT2D eigenvalue weighted by Gasteiger charge is -2.34. The molecule has 9 heteroatoms. The molecule has 7 nitrogen and oxygen atoms in total. The second kappa shape index (κ2) is 8.72. The molecule has 0 saturated carbocycles. The number of anilines is 2. The summed E-state index contributed by atoms with van der Waals surface area (Å²) >= 11 is 0. The summed E-state index contributed by atoms with van der Waals surface area (Å²) < 4.78 is 29.7. The molecule has 1 aromatic heterocycles. The fourth-order valence-corrected chi connectivity index (χ4v) is 2.76. The number of carbonyl (C=O) groups is 1. The normalized spacial score (nSPS) is 17.0. The number of halogens is 2. The molecule has 0 bridgehead atoms. The summed E-state index contributed by atoms with van der Waals surface area (Å²) in [6.07, 6.45) is -0.874. The molecular formula is C18H21F2N5O2. The van der Waals surface area contributed by atoms with Crippen LogP contribution in [0.15, 0.2) is 36.5 Å². The number of alkyl halides is 2. The van der Waals surface area contributed by atoms with Crippen LogP contribution >= 0.6 is 0 Å². The molecule has 1 aliphatic heterocycles. The van der Waals surface area contributed by atoms with E-state index in [0.29, 0.717) is 24.7 Å². The maximum Gasteiger partial charge on any atom is 0.319 e. The molecule has 1 fully saturated rings. The van der Waals surface area contributed by atoms with E-state index >= 15 is 0 Å². The number of nitrogens with one attached hydrogen (secondary N) is 2. The number of hydrogen-bond acceptors (Lipinski definition) is 5. The van der Waals surface area contributed by atoms with Crippen molar-refractivity contribution in [1.29, 1.82) is 0 Å². The first-order valence-corrected chi connectivity index (χ1v) is 8.64. The third-order valence-electron chi connectivity index (χ3n) is 4.12. The minimum absolute atomic E-state index is 0.236. The maximum absolute atomic E-state index is 12.1. The maximum atomic E-state index is 12.1. The number of ether oxygens (including phenoxy) is 1. The average Bonchev–Trinajstić information content (AvgIpc) is 2.67. The smallest absolute Gasteiger partial charge is 0.319 e. The monoisotopic (exact) mass is 377 g/mol. The fourth-order valence-electron chi connectivity index (χ4n) is 2.76. The van der Waals surface area contributed by atoms with Crippen LogP contribution in [0.2, 0.25) is 0 Å². The van der Waals surface area contributed by atoms with E-state index in [1.807, 2.05) is 6.07 Å². The number of amides is 2. The number of benzene rings is 1. The van der Waals surface area contributed by atoms with Crippen molar-refractivity contribution < 1.29 is 18.3 Å². The minimum Gasteiger partial charge on any atom is -0.377 e. The molecule has 1 aromatic carbocycles. The first-order chi connectivity index (χ1) is 13.0. The van der Waals surface area contributed by atoms with Crippen molar-refractivity contribution in [1.82, 2.24) is 15.3 Å². The van der Waals surface area contributed by atoms with Crippen LogP contribution in [0.25, 0.3) is 11.4 Å². The zero-order valence-corrected chi connectivity index (χ0v) is 14.9. The van der Waals surface area contributed by atoms with E-state index < -0.39 is 19.0 Å². The van der Waals surface area contributed by atoms with Gasteiger partial charge in [-0.25, -0.2) is 23.5 Å². The van der Waals surface area contributed by atoms with Gasteiger partial charge in [0.05, 0.1) is 25.8 Å². The highest BCUT2D eigenvalue weighted by Gasteiger charge is 2.20. The minimum atomic E-state index is -2.59. The van der Waals surface area contributed by atoms with Gasteiger partial charge in [0.1, 0.15) is 5.82 Å². The highest BCUT2D eigenvalue weighted by atomic mass is 19.3. The van der Waals surface area contributed by atoms with Crippen molar-refractivity contribution in [3.8, 4) is 11.4 Å². The Kier molecular flexibility index (Phi) is 6.12. The first-order valence-electron chi connectivity index (χ1n) is 8.64. The van der Waals surface area contributed by atoms with Gasteiger partial charge in [-0.2, -0.15) is 0 Å². The molecule has 144 valence electrons. The molecule has 3 rings (SSSR count). The number of morpholine rings is 1. The molecule has 2 heterocycles. The molecule has 1 atom stereocenters. The van der Waals surface area contributed by atoms with E-state index in [1.54, 1.807) is 30.5 Å². The Bertz CT molecular complexity index is 773. The molecule has 2 N–H and O–H groups in total. The Hall–Kier alpha value is -2.81. The number of nitrogens with zero attached hydrogens (tertiary/aromatic N) is 3. The van der Waals surface area contributed by atoms with Crippen LogP contribution in [0.1, 0.15) is 6.92 Å². The van der Waals surface area contributed by atoms with E-state index in [0.717, 1.165) is 17.9 Å². The van der Waals surface area contributed by atoms with Gasteiger partial charge in [-0.1, -0.05) is 0 Å². The SMILES string of the molecule is C[C@H]1COCCN1c1ccnc(-c2ccc(NC(=O)NCC(F)F)cc2)n1. The van der Waals surface area contributed by atoms with E-state index in [4.69, 9.17) is 4.74 Å². The van der Waals surface area contributed by atoms with Gasteiger partial charge >= 0.3 is 6.03 Å². The molecule has 1 aliphatic rings. The van der Waals surface area contributed by atoms with Gasteiger partial charge in [0.25, 0.3) is 6.43 Å². The average molecular weight is 377 g/mol. The van der Waals surface area contributed by atoms with Gasteiger partial charge in [-0.3, -0.25) is 0 Å². The van der Waals surface area contributed by atoms with Crippen LogP contribution in [-0.4, -0.2) is 54.8 Å². The van der Waals surface area contributed by atoms with Gasteiger partial charge in [0, 0.05) is 24.0 Å². The topological polar surface area (TPSA) is 79.4 Å². The number of carbonyl (C=O) groups excluding carboxylic acids is 1. The third kappa shape index (κ3) is 5.10. The van der Waals surface area contributed by atoms with Crippen molar-refractivity contribution in [3.63, 3.8) is 0 Å². The number of hydrogen-bond donors (Lipinski definition) is 2. The summed E-state index contributed by atoms with van der Waals surface area (Å²) in [7, 11) is 0. The quantitative estimate of drug-likeness (QED) is 0.838. The molecule has 0 spiro atoms. The van der Waals surface area contributed by atoms with E-state index in [2.05, 4.69) is 32.4 Å². The van der Waals surface area contributed by atoms with Gasteiger partial charge in [-0.15, -0.1) is 0 Å². The van der Waals surface area contributed by atoms with Crippen LogP contribution in [-0.2, 0) is 4.74 Å². The van der Waals surface area contributed by atoms with E-state index in [1.165, 1.54) is 0 Å². The molecule has 0 radical (unpaired) electrons. The summed E-state index contributed by atoms with van der Waals surface area (Å²) in [6, 6.07) is 8.31. The summed E-state index contributed by atoms with van der Waals surface area (Å²) in [5, 5.41) is 4.58.